The number of aliphatic hydroxyl groups is 1. The number of benzene rings is 1. The molecule has 1 saturated carbocycles. The molecule has 132 valence electrons. The van der Waals surface area contributed by atoms with Crippen molar-refractivity contribution in [1.82, 2.24) is 4.90 Å². The molecule has 0 saturated heterocycles. The molecule has 24 heavy (non-hydrogen) atoms. The van der Waals surface area contributed by atoms with Gasteiger partial charge in [0.05, 0.1) is 0 Å². The normalized spacial score (nSPS) is 26.9. The average molecular weight is 329 g/mol. The van der Waals surface area contributed by atoms with Gasteiger partial charge >= 0.3 is 0 Å². The lowest BCUT2D eigenvalue weighted by molar-refractivity contribution is -0.133. The molecule has 0 unspecified atom stereocenters. The molecule has 1 aromatic rings. The molecule has 0 aromatic heterocycles. The molecule has 0 aliphatic heterocycles. The quantitative estimate of drug-likeness (QED) is 0.832. The summed E-state index contributed by atoms with van der Waals surface area (Å²) in [6, 6.07) is 8.67. The van der Waals surface area contributed by atoms with E-state index in [-0.39, 0.29) is 17.9 Å². The van der Waals surface area contributed by atoms with E-state index in [0.29, 0.717) is 18.3 Å². The van der Waals surface area contributed by atoms with Gasteiger partial charge in [0.15, 0.2) is 0 Å². The van der Waals surface area contributed by atoms with Crippen molar-refractivity contribution < 1.29 is 9.90 Å². The van der Waals surface area contributed by atoms with Crippen LogP contribution in [0.4, 0.5) is 0 Å². The van der Waals surface area contributed by atoms with Crippen LogP contribution in [0.15, 0.2) is 36.4 Å². The van der Waals surface area contributed by atoms with Crippen molar-refractivity contribution in [2.75, 3.05) is 20.7 Å². The fourth-order valence-corrected chi connectivity index (χ4v) is 3.97. The maximum absolute atomic E-state index is 12.3. The summed E-state index contributed by atoms with van der Waals surface area (Å²) in [5.41, 5.74) is 3.43. The molecule has 1 aliphatic carbocycles. The van der Waals surface area contributed by atoms with Crippen molar-refractivity contribution in [3.05, 3.63) is 47.5 Å². The van der Waals surface area contributed by atoms with E-state index in [1.807, 2.05) is 0 Å². The van der Waals surface area contributed by atoms with Crippen LogP contribution >= 0.6 is 0 Å². The van der Waals surface area contributed by atoms with Gasteiger partial charge in [0.1, 0.15) is 0 Å². The first kappa shape index (κ1) is 18.7. The first-order valence-electron chi connectivity index (χ1n) is 8.81. The first-order chi connectivity index (χ1) is 11.3. The van der Waals surface area contributed by atoms with Crippen LogP contribution in [-0.2, 0) is 4.79 Å². The number of rotatable bonds is 5. The lowest BCUT2D eigenvalue weighted by atomic mass is 9.61. The van der Waals surface area contributed by atoms with Crippen LogP contribution in [0.1, 0.15) is 49.7 Å². The topological polar surface area (TPSA) is 40.5 Å². The summed E-state index contributed by atoms with van der Waals surface area (Å²) >= 11 is 0. The Kier molecular flexibility index (Phi) is 5.87. The fourth-order valence-electron chi connectivity index (χ4n) is 3.97. The minimum atomic E-state index is -0.317. The third-order valence-electron chi connectivity index (χ3n) is 5.62. The van der Waals surface area contributed by atoms with E-state index in [4.69, 9.17) is 0 Å². The molecule has 1 fully saturated rings. The molecule has 1 aromatic carbocycles. The second-order valence-corrected chi connectivity index (χ2v) is 7.84. The molecule has 2 rings (SSSR count). The number of aryl methyl sites for hydroxylation is 1. The third kappa shape index (κ3) is 4.07. The van der Waals surface area contributed by atoms with E-state index >= 15 is 0 Å². The largest absolute Gasteiger partial charge is 0.396 e. The van der Waals surface area contributed by atoms with Crippen molar-refractivity contribution in [3.63, 3.8) is 0 Å². The molecule has 1 N–H and O–H groups in total. The predicted molar refractivity (Wildman–Crippen MR) is 98.9 cm³/mol. The van der Waals surface area contributed by atoms with Crippen molar-refractivity contribution in [1.29, 1.82) is 0 Å². The highest BCUT2D eigenvalue weighted by Gasteiger charge is 2.42. The lowest BCUT2D eigenvalue weighted by Crippen LogP contribution is -2.40. The molecule has 3 heteroatoms. The van der Waals surface area contributed by atoms with Gasteiger partial charge in [0, 0.05) is 32.5 Å². The number of nitrogens with zero attached hydrogens (tertiary/aromatic N) is 1. The minimum Gasteiger partial charge on any atom is -0.396 e. The van der Waals surface area contributed by atoms with Gasteiger partial charge in [-0.1, -0.05) is 42.0 Å². The van der Waals surface area contributed by atoms with E-state index in [0.717, 1.165) is 19.3 Å². The summed E-state index contributed by atoms with van der Waals surface area (Å²) in [6.45, 7) is 8.46. The Hall–Kier alpha value is -1.61. The average Bonchev–Trinajstić information content (AvgIpc) is 2.55. The van der Waals surface area contributed by atoms with E-state index in [9.17, 15) is 9.90 Å². The van der Waals surface area contributed by atoms with E-state index < -0.39 is 0 Å². The Balaban J connectivity index is 2.31. The standard InChI is InChI=1S/C21H31NO2/c1-15(2)18-10-11-21(14-23,13-20(24)22(4)5)12-19(18)17-8-6-16(3)7-9-17/h6-9,18-19,23H,1,10-14H2,2-5H3/t18-,19-,21-/m0/s1. The lowest BCUT2D eigenvalue weighted by Gasteiger charge is -2.44. The number of carbonyl (C=O) groups is 1. The van der Waals surface area contributed by atoms with Crippen LogP contribution in [0.3, 0.4) is 0 Å². The van der Waals surface area contributed by atoms with Gasteiger partial charge in [-0.2, -0.15) is 0 Å². The SMILES string of the molecule is C=C(C)[C@@H]1CC[C@@](CO)(CC(=O)N(C)C)C[C@H]1c1ccc(C)cc1. The predicted octanol–water partition coefficient (Wildman–Crippen LogP) is 3.91. The smallest absolute Gasteiger partial charge is 0.222 e. The van der Waals surface area contributed by atoms with Gasteiger partial charge < -0.3 is 10.0 Å². The maximum Gasteiger partial charge on any atom is 0.222 e. The van der Waals surface area contributed by atoms with E-state index in [2.05, 4.69) is 44.7 Å². The molecular weight excluding hydrogens is 298 g/mol. The monoisotopic (exact) mass is 329 g/mol. The van der Waals surface area contributed by atoms with Gasteiger partial charge in [-0.25, -0.2) is 0 Å². The molecule has 1 aliphatic rings. The van der Waals surface area contributed by atoms with Crippen molar-refractivity contribution in [2.24, 2.45) is 11.3 Å². The van der Waals surface area contributed by atoms with Crippen molar-refractivity contribution >= 4 is 5.91 Å². The third-order valence-corrected chi connectivity index (χ3v) is 5.62. The van der Waals surface area contributed by atoms with Crippen LogP contribution in [0.2, 0.25) is 0 Å². The van der Waals surface area contributed by atoms with E-state index in [1.54, 1.807) is 19.0 Å². The Morgan fingerprint density at radius 3 is 2.46 bits per heavy atom. The Bertz CT molecular complexity index is 590. The first-order valence-corrected chi connectivity index (χ1v) is 8.81. The highest BCUT2D eigenvalue weighted by atomic mass is 16.3. The van der Waals surface area contributed by atoms with Crippen LogP contribution in [-0.4, -0.2) is 36.6 Å². The van der Waals surface area contributed by atoms with Crippen LogP contribution in [0.5, 0.6) is 0 Å². The molecule has 0 spiro atoms. The van der Waals surface area contributed by atoms with Gasteiger partial charge in [0.2, 0.25) is 5.91 Å². The second kappa shape index (κ2) is 7.52. The van der Waals surface area contributed by atoms with Gasteiger partial charge in [-0.05, 0) is 50.5 Å². The number of carbonyl (C=O) groups excluding carboxylic acids is 1. The number of allylic oxidation sites excluding steroid dienone is 1. The summed E-state index contributed by atoms with van der Waals surface area (Å²) in [4.78, 5) is 13.9. The summed E-state index contributed by atoms with van der Waals surface area (Å²) in [6.07, 6.45) is 3.11. The number of aliphatic hydroxyl groups excluding tert-OH is 1. The van der Waals surface area contributed by atoms with Gasteiger partial charge in [-0.3, -0.25) is 4.79 Å². The highest BCUT2D eigenvalue weighted by molar-refractivity contribution is 5.76. The zero-order valence-electron chi connectivity index (χ0n) is 15.5. The summed E-state index contributed by atoms with van der Waals surface area (Å²) in [5, 5.41) is 10.1. The van der Waals surface area contributed by atoms with Crippen LogP contribution in [0.25, 0.3) is 0 Å². The molecule has 0 radical (unpaired) electrons. The zero-order valence-corrected chi connectivity index (χ0v) is 15.5. The van der Waals surface area contributed by atoms with Crippen LogP contribution in [0, 0.1) is 18.3 Å². The molecule has 0 heterocycles. The molecule has 1 amide bonds. The second-order valence-electron chi connectivity index (χ2n) is 7.84. The number of amides is 1. The van der Waals surface area contributed by atoms with Crippen LogP contribution < -0.4 is 0 Å². The summed E-state index contributed by atoms with van der Waals surface area (Å²) in [7, 11) is 3.56. The minimum absolute atomic E-state index is 0.0673. The van der Waals surface area contributed by atoms with Gasteiger partial charge in [0.25, 0.3) is 0 Å². The van der Waals surface area contributed by atoms with Gasteiger partial charge in [-0.15, -0.1) is 0 Å². The Morgan fingerprint density at radius 1 is 1.33 bits per heavy atom. The van der Waals surface area contributed by atoms with Crippen molar-refractivity contribution in [3.8, 4) is 0 Å². The molecular formula is C21H31NO2. The van der Waals surface area contributed by atoms with E-state index in [1.165, 1.54) is 16.7 Å². The zero-order chi connectivity index (χ0) is 17.9. The number of hydrogen-bond acceptors (Lipinski definition) is 2. The molecule has 3 nitrogen and oxygen atoms in total. The number of hydrogen-bond donors (Lipinski definition) is 1. The summed E-state index contributed by atoms with van der Waals surface area (Å²) < 4.78 is 0. The highest BCUT2D eigenvalue weighted by Crippen LogP contribution is 2.50. The maximum atomic E-state index is 12.3. The Labute approximate surface area is 146 Å². The summed E-state index contributed by atoms with van der Waals surface area (Å²) in [5.74, 6) is 0.835. The molecule has 0 bridgehead atoms. The fraction of sp³-hybridized carbons (Fsp3) is 0.571. The van der Waals surface area contributed by atoms with Crippen molar-refractivity contribution in [2.45, 2.75) is 45.4 Å². The molecule has 3 atom stereocenters. The Morgan fingerprint density at radius 2 is 1.96 bits per heavy atom.